The summed E-state index contributed by atoms with van der Waals surface area (Å²) in [6, 6.07) is 7.64. The van der Waals surface area contributed by atoms with E-state index in [-0.39, 0.29) is 0 Å². The Labute approximate surface area is 120 Å². The van der Waals surface area contributed by atoms with Gasteiger partial charge in [0.15, 0.2) is 0 Å². The Kier molecular flexibility index (Phi) is 3.86. The van der Waals surface area contributed by atoms with Gasteiger partial charge in [0.1, 0.15) is 0 Å². The summed E-state index contributed by atoms with van der Waals surface area (Å²) in [6.07, 6.45) is 2.10. The predicted octanol–water partition coefficient (Wildman–Crippen LogP) is 4.94. The molecule has 0 heterocycles. The lowest BCUT2D eigenvalue weighted by Gasteiger charge is -2.10. The summed E-state index contributed by atoms with van der Waals surface area (Å²) in [5.41, 5.74) is 13.5. The molecule has 0 fully saturated rings. The van der Waals surface area contributed by atoms with Crippen molar-refractivity contribution in [2.45, 2.75) is 27.7 Å². The predicted molar refractivity (Wildman–Crippen MR) is 83.9 cm³/mol. The van der Waals surface area contributed by atoms with Crippen LogP contribution >= 0.6 is 11.6 Å². The molecule has 0 aromatic heterocycles. The van der Waals surface area contributed by atoms with E-state index >= 15 is 0 Å². The van der Waals surface area contributed by atoms with Gasteiger partial charge in [-0.05, 0) is 61.3 Å². The summed E-state index contributed by atoms with van der Waals surface area (Å²) >= 11 is 5.89. The van der Waals surface area contributed by atoms with Crippen LogP contribution in [0.2, 0.25) is 5.02 Å². The molecule has 0 saturated heterocycles. The molecule has 2 rings (SSSR count). The zero-order valence-corrected chi connectivity index (χ0v) is 12.7. The zero-order valence-electron chi connectivity index (χ0n) is 11.9. The first-order valence-electron chi connectivity index (χ1n) is 6.53. The molecule has 1 aliphatic rings. The Balaban J connectivity index is 2.35. The first-order chi connectivity index (χ1) is 8.91. The maximum Gasteiger partial charge on any atom is 0.0406 e. The van der Waals surface area contributed by atoms with Crippen molar-refractivity contribution in [1.82, 2.24) is 0 Å². The molecule has 0 saturated carbocycles. The van der Waals surface area contributed by atoms with Crippen LogP contribution in [0.3, 0.4) is 0 Å². The van der Waals surface area contributed by atoms with Gasteiger partial charge in [-0.3, -0.25) is 0 Å². The molecule has 0 spiro atoms. The third-order valence-corrected chi connectivity index (χ3v) is 4.44. The van der Waals surface area contributed by atoms with Crippen molar-refractivity contribution in [3.8, 4) is 0 Å². The highest BCUT2D eigenvalue weighted by atomic mass is 35.5. The lowest BCUT2D eigenvalue weighted by Crippen LogP contribution is -2.01. The second kappa shape index (κ2) is 5.26. The number of nitrogens with two attached hydrogens (primary N) is 1. The van der Waals surface area contributed by atoms with Crippen molar-refractivity contribution in [1.29, 1.82) is 0 Å². The van der Waals surface area contributed by atoms with Gasteiger partial charge >= 0.3 is 0 Å². The topological polar surface area (TPSA) is 26.0 Å². The Morgan fingerprint density at radius 2 is 1.68 bits per heavy atom. The fourth-order valence-electron chi connectivity index (χ4n) is 2.52. The maximum absolute atomic E-state index is 6.21. The van der Waals surface area contributed by atoms with E-state index in [0.29, 0.717) is 5.92 Å². The van der Waals surface area contributed by atoms with Crippen molar-refractivity contribution in [3.05, 3.63) is 63.2 Å². The molecular formula is C17H20ClN. The van der Waals surface area contributed by atoms with Gasteiger partial charge in [-0.2, -0.15) is 0 Å². The molecule has 0 radical (unpaired) electrons. The van der Waals surface area contributed by atoms with Crippen molar-refractivity contribution in [2.75, 3.05) is 0 Å². The summed E-state index contributed by atoms with van der Waals surface area (Å²) in [5, 5.41) is 0.731. The molecule has 19 heavy (non-hydrogen) atoms. The Hall–Kier alpha value is -1.47. The Morgan fingerprint density at radius 1 is 1.11 bits per heavy atom. The second-order valence-electron chi connectivity index (χ2n) is 5.22. The average molecular weight is 274 g/mol. The van der Waals surface area contributed by atoms with E-state index in [1.54, 1.807) is 0 Å². The van der Waals surface area contributed by atoms with Gasteiger partial charge < -0.3 is 5.73 Å². The van der Waals surface area contributed by atoms with Crippen LogP contribution in [0, 0.1) is 5.92 Å². The van der Waals surface area contributed by atoms with Crippen LogP contribution in [0.15, 0.2) is 52.6 Å². The molecule has 100 valence electrons. The summed E-state index contributed by atoms with van der Waals surface area (Å²) in [7, 11) is 0. The fourth-order valence-corrected chi connectivity index (χ4v) is 2.65. The smallest absolute Gasteiger partial charge is 0.0406 e. The average Bonchev–Trinajstić information content (AvgIpc) is 2.57. The summed E-state index contributed by atoms with van der Waals surface area (Å²) < 4.78 is 0. The minimum Gasteiger partial charge on any atom is -0.398 e. The highest BCUT2D eigenvalue weighted by Crippen LogP contribution is 2.37. The molecule has 0 bridgehead atoms. The third kappa shape index (κ3) is 2.62. The van der Waals surface area contributed by atoms with E-state index in [4.69, 9.17) is 17.3 Å². The molecule has 1 nitrogen and oxygen atoms in total. The van der Waals surface area contributed by atoms with Gasteiger partial charge in [0.05, 0.1) is 0 Å². The van der Waals surface area contributed by atoms with Crippen molar-refractivity contribution < 1.29 is 0 Å². The molecule has 1 aromatic rings. The van der Waals surface area contributed by atoms with Gasteiger partial charge in [0.25, 0.3) is 0 Å². The summed E-state index contributed by atoms with van der Waals surface area (Å²) in [5.74, 6) is 0.450. The minimum atomic E-state index is 0.450. The molecular weight excluding hydrogens is 254 g/mol. The van der Waals surface area contributed by atoms with Gasteiger partial charge in [-0.1, -0.05) is 36.2 Å². The Morgan fingerprint density at radius 3 is 2.16 bits per heavy atom. The van der Waals surface area contributed by atoms with Crippen molar-refractivity contribution in [3.63, 3.8) is 0 Å². The van der Waals surface area contributed by atoms with Crippen LogP contribution in [0.1, 0.15) is 33.3 Å². The van der Waals surface area contributed by atoms with Crippen LogP contribution in [0.4, 0.5) is 0 Å². The second-order valence-corrected chi connectivity index (χ2v) is 5.65. The van der Waals surface area contributed by atoms with Gasteiger partial charge in [-0.25, -0.2) is 0 Å². The highest BCUT2D eigenvalue weighted by molar-refractivity contribution is 6.30. The monoisotopic (exact) mass is 273 g/mol. The molecule has 2 heteroatoms. The standard InChI is InChI=1S/C17H20ClN/c1-10-11(2)13(4)16(12(10)3)9-17(19)14-5-7-15(18)8-6-14/h5-9,12H,19H2,1-4H3/b17-9-. The SMILES string of the molecule is CC1=C(C)C(C)C(/C=C(\N)c2ccc(Cl)cc2)=C1C. The number of allylic oxidation sites excluding steroid dienone is 5. The van der Waals surface area contributed by atoms with Crippen LogP contribution in [-0.4, -0.2) is 0 Å². The third-order valence-electron chi connectivity index (χ3n) is 4.19. The minimum absolute atomic E-state index is 0.450. The van der Waals surface area contributed by atoms with E-state index in [1.807, 2.05) is 24.3 Å². The zero-order chi connectivity index (χ0) is 14.2. The van der Waals surface area contributed by atoms with Crippen LogP contribution in [-0.2, 0) is 0 Å². The van der Waals surface area contributed by atoms with Crippen molar-refractivity contribution in [2.24, 2.45) is 11.7 Å². The van der Waals surface area contributed by atoms with Gasteiger partial charge in [0.2, 0.25) is 0 Å². The molecule has 1 aliphatic carbocycles. The Bertz CT molecular complexity index is 588. The van der Waals surface area contributed by atoms with Crippen LogP contribution in [0.5, 0.6) is 0 Å². The van der Waals surface area contributed by atoms with E-state index < -0.39 is 0 Å². The van der Waals surface area contributed by atoms with E-state index in [1.165, 1.54) is 22.3 Å². The largest absolute Gasteiger partial charge is 0.398 e. The van der Waals surface area contributed by atoms with E-state index in [2.05, 4.69) is 33.8 Å². The summed E-state index contributed by atoms with van der Waals surface area (Å²) in [6.45, 7) is 8.78. The molecule has 0 amide bonds. The quantitative estimate of drug-likeness (QED) is 0.811. The number of benzene rings is 1. The number of hydrogen-bond acceptors (Lipinski definition) is 1. The van der Waals surface area contributed by atoms with E-state index in [0.717, 1.165) is 16.3 Å². The number of rotatable bonds is 2. The normalized spacial score (nSPS) is 20.5. The van der Waals surface area contributed by atoms with Gasteiger partial charge in [0, 0.05) is 16.6 Å². The highest BCUT2D eigenvalue weighted by Gasteiger charge is 2.22. The van der Waals surface area contributed by atoms with E-state index in [9.17, 15) is 0 Å². The van der Waals surface area contributed by atoms with Crippen molar-refractivity contribution >= 4 is 17.3 Å². The van der Waals surface area contributed by atoms with Crippen LogP contribution < -0.4 is 5.73 Å². The lowest BCUT2D eigenvalue weighted by atomic mass is 9.96. The van der Waals surface area contributed by atoms with Crippen LogP contribution in [0.25, 0.3) is 5.70 Å². The molecule has 1 aromatic carbocycles. The molecule has 0 aliphatic heterocycles. The number of hydrogen-bond donors (Lipinski definition) is 1. The fraction of sp³-hybridized carbons (Fsp3) is 0.294. The van der Waals surface area contributed by atoms with Gasteiger partial charge in [-0.15, -0.1) is 0 Å². The molecule has 2 N–H and O–H groups in total. The molecule has 1 atom stereocenters. The number of halogens is 1. The maximum atomic E-state index is 6.21. The first kappa shape index (κ1) is 14.0. The summed E-state index contributed by atoms with van der Waals surface area (Å²) in [4.78, 5) is 0. The first-order valence-corrected chi connectivity index (χ1v) is 6.91. The molecule has 1 unspecified atom stereocenters. The lowest BCUT2D eigenvalue weighted by molar-refractivity contribution is 0.837.